The van der Waals surface area contributed by atoms with E-state index in [0.29, 0.717) is 12.0 Å². The molecule has 0 aliphatic heterocycles. The van der Waals surface area contributed by atoms with Crippen LogP contribution in [-0.4, -0.2) is 70.6 Å². The molecule has 0 bridgehead atoms. The summed E-state index contributed by atoms with van der Waals surface area (Å²) in [4.78, 5) is 55.6. The highest BCUT2D eigenvalue weighted by Gasteiger charge is 2.30. The van der Waals surface area contributed by atoms with E-state index < -0.39 is 47.9 Å². The molecule has 4 unspecified atom stereocenters. The van der Waals surface area contributed by atoms with E-state index in [1.807, 2.05) is 44.2 Å². The van der Waals surface area contributed by atoms with Gasteiger partial charge in [-0.2, -0.15) is 0 Å². The van der Waals surface area contributed by atoms with E-state index in [9.17, 15) is 29.4 Å². The molecule has 11 N–H and O–H groups in total. The van der Waals surface area contributed by atoms with Gasteiger partial charge in [-0.15, -0.1) is 0 Å². The van der Waals surface area contributed by atoms with Crippen LogP contribution in [0.5, 0.6) is 5.75 Å². The Kier molecular flexibility index (Phi) is 13.9. The number of benzene rings is 2. The summed E-state index contributed by atoms with van der Waals surface area (Å²) in [5, 5.41) is 27.2. The molecule has 0 aliphatic carbocycles. The number of aromatic hydroxyl groups is 1. The van der Waals surface area contributed by atoms with Crippen LogP contribution in [0.2, 0.25) is 0 Å². The molecule has 13 nitrogen and oxygen atoms in total. The molecule has 13 heteroatoms. The van der Waals surface area contributed by atoms with E-state index in [0.717, 1.165) is 5.56 Å². The number of nitrogens with zero attached hydrogens (tertiary/aromatic N) is 1. The number of carbonyl (C=O) groups excluding carboxylic acids is 3. The summed E-state index contributed by atoms with van der Waals surface area (Å²) in [7, 11) is 0. The number of amides is 3. The van der Waals surface area contributed by atoms with Crippen LogP contribution in [0.25, 0.3) is 0 Å². The third kappa shape index (κ3) is 12.8. The highest BCUT2D eigenvalue weighted by atomic mass is 16.4. The zero-order valence-corrected chi connectivity index (χ0v) is 24.5. The van der Waals surface area contributed by atoms with Crippen LogP contribution >= 0.6 is 0 Å². The van der Waals surface area contributed by atoms with Gasteiger partial charge in [0.25, 0.3) is 0 Å². The first kappa shape index (κ1) is 34.6. The predicted molar refractivity (Wildman–Crippen MR) is 163 cm³/mol. The highest BCUT2D eigenvalue weighted by Crippen LogP contribution is 2.13. The molecule has 0 aliphatic rings. The van der Waals surface area contributed by atoms with Gasteiger partial charge in [-0.3, -0.25) is 19.4 Å². The number of nitrogens with one attached hydrogen (secondary N) is 3. The lowest BCUT2D eigenvalue weighted by Gasteiger charge is -2.26. The van der Waals surface area contributed by atoms with Crippen LogP contribution < -0.4 is 33.2 Å². The number of carboxylic acid groups (broad SMARTS) is 1. The molecule has 3 amide bonds. The molecular formula is C30H43N7O6. The number of hydrogen-bond donors (Lipinski definition) is 8. The van der Waals surface area contributed by atoms with Crippen molar-refractivity contribution < 1.29 is 29.4 Å². The first-order valence-corrected chi connectivity index (χ1v) is 14.1. The normalized spacial score (nSPS) is 13.7. The second-order valence-corrected chi connectivity index (χ2v) is 10.8. The van der Waals surface area contributed by atoms with Crippen LogP contribution in [0.1, 0.15) is 44.2 Å². The molecule has 0 spiro atoms. The molecule has 0 heterocycles. The number of carboxylic acids is 1. The predicted octanol–water partition coefficient (Wildman–Crippen LogP) is 0.143. The van der Waals surface area contributed by atoms with Gasteiger partial charge in [0.1, 0.15) is 23.9 Å². The quantitative estimate of drug-likeness (QED) is 0.0702. The number of carbonyl (C=O) groups is 4. The van der Waals surface area contributed by atoms with Gasteiger partial charge in [-0.25, -0.2) is 4.79 Å². The van der Waals surface area contributed by atoms with Crippen LogP contribution in [0.4, 0.5) is 0 Å². The summed E-state index contributed by atoms with van der Waals surface area (Å²) >= 11 is 0. The first-order valence-electron chi connectivity index (χ1n) is 14.1. The Labute approximate surface area is 251 Å². The second kappa shape index (κ2) is 17.3. The number of nitrogens with two attached hydrogens (primary N) is 3. The maximum atomic E-state index is 13.6. The van der Waals surface area contributed by atoms with Crippen LogP contribution in [0.3, 0.4) is 0 Å². The van der Waals surface area contributed by atoms with Gasteiger partial charge in [0, 0.05) is 13.0 Å². The van der Waals surface area contributed by atoms with Gasteiger partial charge in [-0.05, 0) is 54.9 Å². The Morgan fingerprint density at radius 2 is 1.35 bits per heavy atom. The third-order valence-corrected chi connectivity index (χ3v) is 6.54. The van der Waals surface area contributed by atoms with Crippen LogP contribution in [0.15, 0.2) is 59.6 Å². The zero-order chi connectivity index (χ0) is 31.9. The first-order chi connectivity index (χ1) is 20.3. The van der Waals surface area contributed by atoms with Gasteiger partial charge in [-0.1, -0.05) is 56.3 Å². The lowest BCUT2D eigenvalue weighted by Crippen LogP contribution is -2.57. The van der Waals surface area contributed by atoms with Gasteiger partial charge in [0.15, 0.2) is 5.96 Å². The topological polar surface area (TPSA) is 235 Å². The maximum absolute atomic E-state index is 13.6. The van der Waals surface area contributed by atoms with E-state index in [1.54, 1.807) is 12.1 Å². The minimum absolute atomic E-state index is 0.00589. The Hall–Kier alpha value is -4.65. The van der Waals surface area contributed by atoms with Crippen molar-refractivity contribution >= 4 is 29.7 Å². The van der Waals surface area contributed by atoms with Gasteiger partial charge < -0.3 is 43.4 Å². The summed E-state index contributed by atoms with van der Waals surface area (Å²) in [5.41, 5.74) is 18.4. The van der Waals surface area contributed by atoms with Crippen molar-refractivity contribution in [2.45, 2.75) is 70.1 Å². The van der Waals surface area contributed by atoms with Crippen molar-refractivity contribution in [3.63, 3.8) is 0 Å². The Morgan fingerprint density at radius 3 is 1.93 bits per heavy atom. The smallest absolute Gasteiger partial charge is 0.326 e. The SMILES string of the molecule is CC(C)CC(NC(=O)C(Cc1ccc(O)cc1)NC(=O)C(CCCN=C(N)N)NC(=O)C(N)Cc1ccccc1)C(=O)O. The van der Waals surface area contributed by atoms with Crippen molar-refractivity contribution in [3.05, 3.63) is 65.7 Å². The number of aliphatic carboxylic acids is 1. The van der Waals surface area contributed by atoms with Crippen LogP contribution in [0, 0.1) is 5.92 Å². The molecule has 0 fully saturated rings. The number of phenols is 1. The molecule has 2 aromatic rings. The Morgan fingerprint density at radius 1 is 0.791 bits per heavy atom. The fraction of sp³-hybridized carbons (Fsp3) is 0.433. The zero-order valence-electron chi connectivity index (χ0n) is 24.5. The lowest BCUT2D eigenvalue weighted by atomic mass is 10.0. The molecule has 2 aromatic carbocycles. The molecule has 0 saturated carbocycles. The molecule has 0 saturated heterocycles. The number of phenolic OH excluding ortho intramolecular Hbond substituents is 1. The van der Waals surface area contributed by atoms with E-state index >= 15 is 0 Å². The summed E-state index contributed by atoms with van der Waals surface area (Å²) in [6, 6.07) is 10.8. The molecule has 4 atom stereocenters. The molecule has 43 heavy (non-hydrogen) atoms. The number of hydrogen-bond acceptors (Lipinski definition) is 7. The molecular weight excluding hydrogens is 554 g/mol. The summed E-state index contributed by atoms with van der Waals surface area (Å²) in [5.74, 6) is -3.25. The molecule has 0 radical (unpaired) electrons. The van der Waals surface area contributed by atoms with Crippen molar-refractivity contribution in [3.8, 4) is 5.75 Å². The largest absolute Gasteiger partial charge is 0.508 e. The summed E-state index contributed by atoms with van der Waals surface area (Å²) in [6.45, 7) is 3.86. The standard InChI is InChI=1S/C30H43N7O6/c1-18(2)15-25(29(42)43)37-28(41)24(17-20-10-12-21(38)13-11-20)36-27(40)23(9-6-14-34-30(32)33)35-26(39)22(31)16-19-7-4-3-5-8-19/h3-5,7-8,10-13,18,22-25,38H,6,9,14-17,31H2,1-2H3,(H,35,39)(H,36,40)(H,37,41)(H,42,43)(H4,32,33,34). The Bertz CT molecular complexity index is 1230. The molecule has 2 rings (SSSR count). The minimum Gasteiger partial charge on any atom is -0.508 e. The van der Waals surface area contributed by atoms with Crippen LogP contribution in [-0.2, 0) is 32.0 Å². The van der Waals surface area contributed by atoms with E-state index in [-0.39, 0.29) is 49.9 Å². The highest BCUT2D eigenvalue weighted by molar-refractivity contribution is 5.94. The van der Waals surface area contributed by atoms with Gasteiger partial charge in [0.05, 0.1) is 6.04 Å². The molecule has 234 valence electrons. The molecule has 0 aromatic heterocycles. The number of rotatable bonds is 17. The van der Waals surface area contributed by atoms with E-state index in [4.69, 9.17) is 17.2 Å². The van der Waals surface area contributed by atoms with Crippen molar-refractivity contribution in [1.82, 2.24) is 16.0 Å². The van der Waals surface area contributed by atoms with Crippen molar-refractivity contribution in [2.75, 3.05) is 6.54 Å². The lowest BCUT2D eigenvalue weighted by molar-refractivity contribution is -0.142. The van der Waals surface area contributed by atoms with Gasteiger partial charge in [0.2, 0.25) is 17.7 Å². The third-order valence-electron chi connectivity index (χ3n) is 6.54. The van der Waals surface area contributed by atoms with Gasteiger partial charge >= 0.3 is 5.97 Å². The maximum Gasteiger partial charge on any atom is 0.326 e. The van der Waals surface area contributed by atoms with E-state index in [1.165, 1.54) is 12.1 Å². The average Bonchev–Trinajstić information content (AvgIpc) is 2.94. The fourth-order valence-electron chi connectivity index (χ4n) is 4.33. The number of guanidine groups is 1. The summed E-state index contributed by atoms with van der Waals surface area (Å²) in [6.07, 6.45) is 0.880. The minimum atomic E-state index is -1.20. The van der Waals surface area contributed by atoms with E-state index in [2.05, 4.69) is 20.9 Å². The monoisotopic (exact) mass is 597 g/mol. The average molecular weight is 598 g/mol. The Balaban J connectivity index is 2.26. The summed E-state index contributed by atoms with van der Waals surface area (Å²) < 4.78 is 0. The second-order valence-electron chi connectivity index (χ2n) is 10.8. The number of aliphatic imine (C=N–C) groups is 1. The van der Waals surface area contributed by atoms with Crippen molar-refractivity contribution in [1.29, 1.82) is 0 Å². The van der Waals surface area contributed by atoms with Crippen molar-refractivity contribution in [2.24, 2.45) is 28.1 Å². The fourth-order valence-corrected chi connectivity index (χ4v) is 4.33.